The number of likely N-dealkylation sites (tertiary alicyclic amines) is 1. The number of hydrogen-bond donors (Lipinski definition) is 1. The fourth-order valence-corrected chi connectivity index (χ4v) is 4.57. The number of nitrogens with zero attached hydrogens (tertiary/aromatic N) is 1. The summed E-state index contributed by atoms with van der Waals surface area (Å²) in [7, 11) is 0. The highest BCUT2D eigenvalue weighted by molar-refractivity contribution is 5.86. The van der Waals surface area contributed by atoms with Gasteiger partial charge in [-0.3, -0.25) is 9.69 Å². The number of aliphatic carboxylic acids is 1. The highest BCUT2D eigenvalue weighted by atomic mass is 16.4. The maximum atomic E-state index is 11.9. The molecule has 1 fully saturated rings. The molecule has 1 aliphatic heterocycles. The molecule has 0 spiro atoms. The molecule has 1 aliphatic rings. The molecule has 3 aromatic carbocycles. The molecule has 3 heteroatoms. The normalized spacial score (nSPS) is 18.7. The van der Waals surface area contributed by atoms with Crippen molar-refractivity contribution in [3.05, 3.63) is 82.9 Å². The Morgan fingerprint density at radius 3 is 2.48 bits per heavy atom. The second kappa shape index (κ2) is 7.16. The molecule has 2 atom stereocenters. The van der Waals surface area contributed by atoms with Crippen molar-refractivity contribution < 1.29 is 9.90 Å². The van der Waals surface area contributed by atoms with Crippen LogP contribution in [-0.2, 0) is 4.79 Å². The summed E-state index contributed by atoms with van der Waals surface area (Å²) in [5.41, 5.74) is 4.78. The highest BCUT2D eigenvalue weighted by Gasteiger charge is 2.37. The van der Waals surface area contributed by atoms with Gasteiger partial charge in [0.25, 0.3) is 0 Å². The lowest BCUT2D eigenvalue weighted by Crippen LogP contribution is -2.39. The first-order valence-electron chi connectivity index (χ1n) is 9.59. The summed E-state index contributed by atoms with van der Waals surface area (Å²) < 4.78 is 0. The predicted molar refractivity (Wildman–Crippen MR) is 109 cm³/mol. The fraction of sp³-hybridized carbons (Fsp3) is 0.292. The Bertz CT molecular complexity index is 969. The van der Waals surface area contributed by atoms with E-state index < -0.39 is 12.0 Å². The maximum Gasteiger partial charge on any atom is 0.320 e. The average Bonchev–Trinajstić information content (AvgIpc) is 3.11. The lowest BCUT2D eigenvalue weighted by molar-refractivity contribution is -0.142. The van der Waals surface area contributed by atoms with Crippen LogP contribution in [-0.4, -0.2) is 28.6 Å². The van der Waals surface area contributed by atoms with Crippen LogP contribution < -0.4 is 0 Å². The van der Waals surface area contributed by atoms with Crippen molar-refractivity contribution >= 4 is 16.7 Å². The fourth-order valence-electron chi connectivity index (χ4n) is 4.57. The van der Waals surface area contributed by atoms with Crippen molar-refractivity contribution in [2.24, 2.45) is 0 Å². The zero-order valence-electron chi connectivity index (χ0n) is 15.9. The minimum absolute atomic E-state index is 0.0571. The van der Waals surface area contributed by atoms with E-state index in [2.05, 4.69) is 73.3 Å². The molecule has 4 rings (SSSR count). The SMILES string of the molecule is Cc1cc(C)cc(C(c2cccc3ccccc23)N2CCCC2C(=O)O)c1. The van der Waals surface area contributed by atoms with E-state index in [0.29, 0.717) is 6.42 Å². The second-order valence-corrected chi connectivity index (χ2v) is 7.63. The number of carboxylic acid groups (broad SMARTS) is 1. The molecular formula is C24H25NO2. The number of rotatable bonds is 4. The summed E-state index contributed by atoms with van der Waals surface area (Å²) in [6.45, 7) is 5.02. The molecule has 138 valence electrons. The molecule has 0 bridgehead atoms. The Labute approximate surface area is 160 Å². The van der Waals surface area contributed by atoms with Crippen LogP contribution in [0.5, 0.6) is 0 Å². The summed E-state index contributed by atoms with van der Waals surface area (Å²) in [4.78, 5) is 14.1. The molecule has 1 heterocycles. The van der Waals surface area contributed by atoms with Gasteiger partial charge in [-0.1, -0.05) is 71.8 Å². The first-order valence-corrected chi connectivity index (χ1v) is 9.59. The third-order valence-corrected chi connectivity index (χ3v) is 5.59. The summed E-state index contributed by atoms with van der Waals surface area (Å²) >= 11 is 0. The minimum Gasteiger partial charge on any atom is -0.480 e. The minimum atomic E-state index is -0.720. The zero-order chi connectivity index (χ0) is 19.0. The van der Waals surface area contributed by atoms with E-state index in [0.717, 1.165) is 13.0 Å². The number of hydrogen-bond acceptors (Lipinski definition) is 2. The lowest BCUT2D eigenvalue weighted by atomic mass is 9.90. The molecule has 0 amide bonds. The topological polar surface area (TPSA) is 40.5 Å². The van der Waals surface area contributed by atoms with Crippen molar-refractivity contribution in [2.75, 3.05) is 6.54 Å². The Morgan fingerprint density at radius 2 is 1.74 bits per heavy atom. The van der Waals surface area contributed by atoms with Gasteiger partial charge >= 0.3 is 5.97 Å². The van der Waals surface area contributed by atoms with Crippen LogP contribution in [0.1, 0.15) is 41.1 Å². The number of aryl methyl sites for hydroxylation is 2. The Balaban J connectivity index is 1.94. The third-order valence-electron chi connectivity index (χ3n) is 5.59. The summed E-state index contributed by atoms with van der Waals surface area (Å²) in [5.74, 6) is -0.720. The van der Waals surface area contributed by atoms with Gasteiger partial charge in [0.2, 0.25) is 0 Å². The Morgan fingerprint density at radius 1 is 1.04 bits per heavy atom. The van der Waals surface area contributed by atoms with Crippen LogP contribution in [0.25, 0.3) is 10.8 Å². The van der Waals surface area contributed by atoms with Crippen LogP contribution in [0.2, 0.25) is 0 Å². The van der Waals surface area contributed by atoms with Crippen LogP contribution in [0, 0.1) is 13.8 Å². The van der Waals surface area contributed by atoms with Crippen molar-refractivity contribution in [1.82, 2.24) is 4.90 Å². The molecule has 1 N–H and O–H groups in total. The molecular weight excluding hydrogens is 334 g/mol. The third kappa shape index (κ3) is 3.35. The molecule has 1 saturated heterocycles. The van der Waals surface area contributed by atoms with Gasteiger partial charge in [0.1, 0.15) is 6.04 Å². The Hall–Kier alpha value is -2.65. The van der Waals surface area contributed by atoms with Gasteiger partial charge in [-0.05, 0) is 48.6 Å². The monoisotopic (exact) mass is 359 g/mol. The van der Waals surface area contributed by atoms with Crippen molar-refractivity contribution in [3.8, 4) is 0 Å². The molecule has 27 heavy (non-hydrogen) atoms. The first kappa shape index (κ1) is 17.7. The van der Waals surface area contributed by atoms with E-state index >= 15 is 0 Å². The highest BCUT2D eigenvalue weighted by Crippen LogP contribution is 2.38. The van der Waals surface area contributed by atoms with E-state index in [1.165, 1.54) is 33.0 Å². The van der Waals surface area contributed by atoms with E-state index in [1.807, 2.05) is 6.07 Å². The molecule has 0 radical (unpaired) electrons. The zero-order valence-corrected chi connectivity index (χ0v) is 15.9. The van der Waals surface area contributed by atoms with Crippen molar-refractivity contribution in [1.29, 1.82) is 0 Å². The first-order chi connectivity index (χ1) is 13.0. The van der Waals surface area contributed by atoms with Gasteiger partial charge in [-0.25, -0.2) is 0 Å². The summed E-state index contributed by atoms with van der Waals surface area (Å²) in [6.07, 6.45) is 1.63. The van der Waals surface area contributed by atoms with Crippen LogP contribution >= 0.6 is 0 Å². The quantitative estimate of drug-likeness (QED) is 0.705. The Kier molecular flexibility index (Phi) is 4.71. The number of carboxylic acids is 1. The van der Waals surface area contributed by atoms with Crippen LogP contribution in [0.3, 0.4) is 0 Å². The summed E-state index contributed by atoms with van der Waals surface area (Å²) in [6, 6.07) is 20.8. The molecule has 3 aromatic rings. The maximum absolute atomic E-state index is 11.9. The van der Waals surface area contributed by atoms with Gasteiger partial charge < -0.3 is 5.11 Å². The molecule has 3 nitrogen and oxygen atoms in total. The van der Waals surface area contributed by atoms with Gasteiger partial charge in [0.15, 0.2) is 0 Å². The molecule has 0 aromatic heterocycles. The number of fused-ring (bicyclic) bond motifs is 1. The van der Waals surface area contributed by atoms with E-state index in [9.17, 15) is 9.90 Å². The largest absolute Gasteiger partial charge is 0.480 e. The van der Waals surface area contributed by atoms with Crippen molar-refractivity contribution in [3.63, 3.8) is 0 Å². The summed E-state index contributed by atoms with van der Waals surface area (Å²) in [5, 5.41) is 12.2. The van der Waals surface area contributed by atoms with Gasteiger partial charge in [-0.15, -0.1) is 0 Å². The van der Waals surface area contributed by atoms with Gasteiger partial charge in [0, 0.05) is 6.54 Å². The van der Waals surface area contributed by atoms with Gasteiger partial charge in [0.05, 0.1) is 6.04 Å². The van der Waals surface area contributed by atoms with Gasteiger partial charge in [-0.2, -0.15) is 0 Å². The van der Waals surface area contributed by atoms with E-state index in [4.69, 9.17) is 0 Å². The average molecular weight is 359 g/mol. The molecule has 2 unspecified atom stereocenters. The smallest absolute Gasteiger partial charge is 0.320 e. The molecule has 0 saturated carbocycles. The van der Waals surface area contributed by atoms with E-state index in [-0.39, 0.29) is 6.04 Å². The predicted octanol–water partition coefficient (Wildman–Crippen LogP) is 5.10. The van der Waals surface area contributed by atoms with Crippen molar-refractivity contribution in [2.45, 2.75) is 38.8 Å². The van der Waals surface area contributed by atoms with E-state index in [1.54, 1.807) is 0 Å². The van der Waals surface area contributed by atoms with Crippen LogP contribution in [0.15, 0.2) is 60.7 Å². The number of carbonyl (C=O) groups is 1. The standard InChI is InChI=1S/C24H25NO2/c1-16-13-17(2)15-19(14-16)23(25-12-6-11-22(25)24(26)27)21-10-5-8-18-7-3-4-9-20(18)21/h3-5,7-10,13-15,22-23H,6,11-12H2,1-2H3,(H,26,27). The second-order valence-electron chi connectivity index (χ2n) is 7.63. The van der Waals surface area contributed by atoms with Crippen LogP contribution in [0.4, 0.5) is 0 Å². The lowest BCUT2D eigenvalue weighted by Gasteiger charge is -2.33. The molecule has 0 aliphatic carbocycles. The number of benzene rings is 3.